The molecule has 20 heavy (non-hydrogen) atoms. The number of amides is 1. The quantitative estimate of drug-likeness (QED) is 0.803. The van der Waals surface area contributed by atoms with Crippen molar-refractivity contribution in [2.45, 2.75) is 52.4 Å². The maximum atomic E-state index is 12.6. The zero-order valence-electron chi connectivity index (χ0n) is 12.5. The standard InChI is InChI=1S/C16H25NO3/c1-3-20-13(18)9-17-14(19)16-7-11-4-12(8-16)6-15(2,5-11)10-16/h11-12H,3-10H2,1-2H3,(H,17,19). The van der Waals surface area contributed by atoms with Crippen molar-refractivity contribution in [3.63, 3.8) is 0 Å². The highest BCUT2D eigenvalue weighted by Crippen LogP contribution is 2.65. The summed E-state index contributed by atoms with van der Waals surface area (Å²) in [5.74, 6) is 1.19. The van der Waals surface area contributed by atoms with Gasteiger partial charge in [-0.05, 0) is 62.7 Å². The second-order valence-electron chi connectivity index (χ2n) is 7.54. The molecule has 4 fully saturated rings. The molecule has 0 radical (unpaired) electrons. The molecule has 1 N–H and O–H groups in total. The third-order valence-electron chi connectivity index (χ3n) is 5.53. The van der Waals surface area contributed by atoms with Crippen LogP contribution >= 0.6 is 0 Å². The fraction of sp³-hybridized carbons (Fsp3) is 0.875. The minimum absolute atomic E-state index is 0.0144. The Morgan fingerprint density at radius 3 is 2.40 bits per heavy atom. The summed E-state index contributed by atoms with van der Waals surface area (Å²) in [5.41, 5.74) is 0.149. The van der Waals surface area contributed by atoms with E-state index in [1.807, 2.05) is 0 Å². The van der Waals surface area contributed by atoms with Crippen LogP contribution in [0, 0.1) is 22.7 Å². The molecule has 4 bridgehead atoms. The Kier molecular flexibility index (Phi) is 3.30. The summed E-state index contributed by atoms with van der Waals surface area (Å²) in [6, 6.07) is 0. The molecule has 0 spiro atoms. The molecule has 4 nitrogen and oxygen atoms in total. The summed E-state index contributed by atoms with van der Waals surface area (Å²) in [4.78, 5) is 24.0. The number of carbonyl (C=O) groups excluding carboxylic acids is 2. The van der Waals surface area contributed by atoms with E-state index in [0.29, 0.717) is 12.0 Å². The van der Waals surface area contributed by atoms with Crippen LogP contribution in [-0.2, 0) is 14.3 Å². The Labute approximate surface area is 120 Å². The average molecular weight is 279 g/mol. The number of hydrogen-bond acceptors (Lipinski definition) is 3. The van der Waals surface area contributed by atoms with Crippen molar-refractivity contribution in [1.29, 1.82) is 0 Å². The van der Waals surface area contributed by atoms with Gasteiger partial charge >= 0.3 is 5.97 Å². The van der Waals surface area contributed by atoms with E-state index in [0.717, 1.165) is 31.1 Å². The molecule has 1 amide bonds. The summed E-state index contributed by atoms with van der Waals surface area (Å²) in [6.07, 6.45) is 6.93. The van der Waals surface area contributed by atoms with Crippen LogP contribution in [0.15, 0.2) is 0 Å². The third-order valence-corrected chi connectivity index (χ3v) is 5.53. The van der Waals surface area contributed by atoms with Gasteiger partial charge in [0.25, 0.3) is 0 Å². The van der Waals surface area contributed by atoms with E-state index in [1.165, 1.54) is 19.3 Å². The Morgan fingerprint density at radius 1 is 1.20 bits per heavy atom. The molecule has 2 atom stereocenters. The van der Waals surface area contributed by atoms with E-state index < -0.39 is 0 Å². The van der Waals surface area contributed by atoms with Gasteiger partial charge in [-0.25, -0.2) is 0 Å². The topological polar surface area (TPSA) is 55.4 Å². The van der Waals surface area contributed by atoms with Gasteiger partial charge in [0.05, 0.1) is 12.0 Å². The monoisotopic (exact) mass is 279 g/mol. The SMILES string of the molecule is CCOC(=O)CNC(=O)C12CC3CC(CC(C)(C3)C1)C2. The highest BCUT2D eigenvalue weighted by molar-refractivity contribution is 5.86. The normalized spacial score (nSPS) is 41.5. The molecule has 0 saturated heterocycles. The van der Waals surface area contributed by atoms with Crippen LogP contribution in [-0.4, -0.2) is 25.0 Å². The Balaban J connectivity index is 1.67. The van der Waals surface area contributed by atoms with Gasteiger partial charge in [-0.1, -0.05) is 6.92 Å². The molecule has 0 aliphatic heterocycles. The highest BCUT2D eigenvalue weighted by atomic mass is 16.5. The molecule has 4 aliphatic rings. The lowest BCUT2D eigenvalue weighted by Gasteiger charge is -2.60. The average Bonchev–Trinajstić information content (AvgIpc) is 2.33. The van der Waals surface area contributed by atoms with Crippen LogP contribution in [0.1, 0.15) is 52.4 Å². The molecule has 4 aliphatic carbocycles. The van der Waals surface area contributed by atoms with E-state index in [9.17, 15) is 9.59 Å². The Morgan fingerprint density at radius 2 is 1.85 bits per heavy atom. The lowest BCUT2D eigenvalue weighted by molar-refractivity contribution is -0.157. The number of carbonyl (C=O) groups is 2. The van der Waals surface area contributed by atoms with Crippen molar-refractivity contribution >= 4 is 11.9 Å². The van der Waals surface area contributed by atoms with E-state index in [1.54, 1.807) is 6.92 Å². The number of rotatable bonds is 4. The first-order valence-corrected chi connectivity index (χ1v) is 7.89. The van der Waals surface area contributed by atoms with E-state index >= 15 is 0 Å². The number of hydrogen-bond donors (Lipinski definition) is 1. The maximum absolute atomic E-state index is 12.6. The van der Waals surface area contributed by atoms with E-state index in [4.69, 9.17) is 4.74 Å². The number of ether oxygens (including phenoxy) is 1. The minimum Gasteiger partial charge on any atom is -0.465 e. The van der Waals surface area contributed by atoms with Crippen LogP contribution in [0.4, 0.5) is 0 Å². The van der Waals surface area contributed by atoms with Crippen molar-refractivity contribution < 1.29 is 14.3 Å². The van der Waals surface area contributed by atoms with Gasteiger partial charge in [-0.15, -0.1) is 0 Å². The zero-order valence-corrected chi connectivity index (χ0v) is 12.5. The minimum atomic E-state index is -0.336. The first-order chi connectivity index (χ1) is 9.45. The van der Waals surface area contributed by atoms with Gasteiger partial charge in [-0.2, -0.15) is 0 Å². The lowest BCUT2D eigenvalue weighted by Crippen LogP contribution is -2.57. The second kappa shape index (κ2) is 4.74. The largest absolute Gasteiger partial charge is 0.465 e. The van der Waals surface area contributed by atoms with Gasteiger partial charge in [-0.3, -0.25) is 9.59 Å². The molecule has 112 valence electrons. The molecule has 0 aromatic carbocycles. The first-order valence-electron chi connectivity index (χ1n) is 7.89. The lowest BCUT2D eigenvalue weighted by atomic mass is 9.44. The molecular formula is C16H25NO3. The van der Waals surface area contributed by atoms with Crippen molar-refractivity contribution in [1.82, 2.24) is 5.32 Å². The summed E-state index contributed by atoms with van der Waals surface area (Å²) >= 11 is 0. The summed E-state index contributed by atoms with van der Waals surface area (Å²) in [6.45, 7) is 4.50. The van der Waals surface area contributed by atoms with Crippen LogP contribution in [0.2, 0.25) is 0 Å². The van der Waals surface area contributed by atoms with Gasteiger partial charge in [0.15, 0.2) is 0 Å². The fourth-order valence-electron chi connectivity index (χ4n) is 5.54. The van der Waals surface area contributed by atoms with Crippen molar-refractivity contribution in [3.05, 3.63) is 0 Å². The predicted molar refractivity (Wildman–Crippen MR) is 74.9 cm³/mol. The first kappa shape index (κ1) is 13.9. The summed E-state index contributed by atoms with van der Waals surface area (Å²) in [7, 11) is 0. The van der Waals surface area contributed by atoms with Crippen LogP contribution in [0.5, 0.6) is 0 Å². The summed E-state index contributed by atoms with van der Waals surface area (Å²) < 4.78 is 4.88. The highest BCUT2D eigenvalue weighted by Gasteiger charge is 2.58. The molecule has 4 heteroatoms. The van der Waals surface area contributed by atoms with Gasteiger partial charge in [0, 0.05) is 0 Å². The van der Waals surface area contributed by atoms with Gasteiger partial charge in [0.1, 0.15) is 6.54 Å². The van der Waals surface area contributed by atoms with E-state index in [2.05, 4.69) is 12.2 Å². The molecule has 0 heterocycles. The Hall–Kier alpha value is -1.06. The van der Waals surface area contributed by atoms with Crippen LogP contribution in [0.3, 0.4) is 0 Å². The van der Waals surface area contributed by atoms with Crippen LogP contribution < -0.4 is 5.32 Å². The second-order valence-corrected chi connectivity index (χ2v) is 7.54. The van der Waals surface area contributed by atoms with Crippen molar-refractivity contribution in [3.8, 4) is 0 Å². The third kappa shape index (κ3) is 2.33. The number of esters is 1. The zero-order chi connectivity index (χ0) is 14.4. The van der Waals surface area contributed by atoms with Crippen LogP contribution in [0.25, 0.3) is 0 Å². The predicted octanol–water partition coefficient (Wildman–Crippen LogP) is 2.27. The molecule has 0 aromatic heterocycles. The van der Waals surface area contributed by atoms with Gasteiger partial charge in [0.2, 0.25) is 5.91 Å². The van der Waals surface area contributed by atoms with Crippen molar-refractivity contribution in [2.75, 3.05) is 13.2 Å². The molecular weight excluding hydrogens is 254 g/mol. The fourth-order valence-corrected chi connectivity index (χ4v) is 5.54. The van der Waals surface area contributed by atoms with E-state index in [-0.39, 0.29) is 23.8 Å². The molecule has 4 saturated carbocycles. The smallest absolute Gasteiger partial charge is 0.325 e. The van der Waals surface area contributed by atoms with Gasteiger partial charge < -0.3 is 10.1 Å². The van der Waals surface area contributed by atoms with Crippen molar-refractivity contribution in [2.24, 2.45) is 22.7 Å². The molecule has 2 unspecified atom stereocenters. The molecule has 4 rings (SSSR count). The maximum Gasteiger partial charge on any atom is 0.325 e. The number of nitrogens with one attached hydrogen (secondary N) is 1. The Bertz CT molecular complexity index is 417. The summed E-state index contributed by atoms with van der Waals surface area (Å²) in [5, 5.41) is 2.83. The molecule has 0 aromatic rings.